The van der Waals surface area contributed by atoms with Gasteiger partial charge in [0.2, 0.25) is 0 Å². The van der Waals surface area contributed by atoms with Gasteiger partial charge >= 0.3 is 0 Å². The molecule has 0 N–H and O–H groups in total. The van der Waals surface area contributed by atoms with Gasteiger partial charge in [0.25, 0.3) is 0 Å². The summed E-state index contributed by atoms with van der Waals surface area (Å²) in [7, 11) is 1.83. The molecule has 0 amide bonds. The van der Waals surface area contributed by atoms with E-state index in [1.165, 1.54) is 42.6 Å². The lowest BCUT2D eigenvalue weighted by Gasteiger charge is -2.21. The second kappa shape index (κ2) is 4.60. The molecule has 2 saturated carbocycles. The molecule has 2 fully saturated rings. The second-order valence-corrected chi connectivity index (χ2v) is 6.22. The van der Waals surface area contributed by atoms with Crippen molar-refractivity contribution < 1.29 is 4.74 Å². The SMILES string of the molecule is COc1c([C@@H](C)C2CC2)cccc1[C@H](C)C1CC1. The first-order valence-electron chi connectivity index (χ1n) is 7.39. The molecule has 1 heteroatoms. The van der Waals surface area contributed by atoms with E-state index >= 15 is 0 Å². The summed E-state index contributed by atoms with van der Waals surface area (Å²) in [6.07, 6.45) is 5.58. The fraction of sp³-hybridized carbons (Fsp3) is 0.647. The normalized spacial score (nSPS) is 22.6. The molecule has 0 unspecified atom stereocenters. The number of rotatable bonds is 5. The van der Waals surface area contributed by atoms with E-state index in [2.05, 4.69) is 32.0 Å². The molecule has 2 atom stereocenters. The van der Waals surface area contributed by atoms with Gasteiger partial charge in [-0.25, -0.2) is 0 Å². The first kappa shape index (κ1) is 12.1. The maximum Gasteiger partial charge on any atom is 0.125 e. The molecule has 0 radical (unpaired) electrons. The van der Waals surface area contributed by atoms with E-state index in [9.17, 15) is 0 Å². The smallest absolute Gasteiger partial charge is 0.125 e. The molecule has 0 bridgehead atoms. The fourth-order valence-electron chi connectivity index (χ4n) is 3.23. The maximum atomic E-state index is 5.77. The molecule has 1 nitrogen and oxygen atoms in total. The van der Waals surface area contributed by atoms with Crippen LogP contribution in [-0.4, -0.2) is 7.11 Å². The molecular weight excluding hydrogens is 220 g/mol. The van der Waals surface area contributed by atoms with Gasteiger partial charge in [0, 0.05) is 0 Å². The Hall–Kier alpha value is -0.980. The summed E-state index contributed by atoms with van der Waals surface area (Å²) < 4.78 is 5.77. The number of para-hydroxylation sites is 1. The zero-order chi connectivity index (χ0) is 12.7. The average molecular weight is 244 g/mol. The summed E-state index contributed by atoms with van der Waals surface area (Å²) >= 11 is 0. The zero-order valence-electron chi connectivity index (χ0n) is 11.8. The van der Waals surface area contributed by atoms with E-state index in [1.807, 2.05) is 7.11 Å². The van der Waals surface area contributed by atoms with E-state index in [4.69, 9.17) is 4.74 Å². The lowest BCUT2D eigenvalue weighted by atomic mass is 9.88. The van der Waals surface area contributed by atoms with Crippen molar-refractivity contribution in [3.63, 3.8) is 0 Å². The van der Waals surface area contributed by atoms with Gasteiger partial charge in [0.15, 0.2) is 0 Å². The Labute approximate surface area is 111 Å². The van der Waals surface area contributed by atoms with Gasteiger partial charge in [-0.3, -0.25) is 0 Å². The molecule has 0 saturated heterocycles. The van der Waals surface area contributed by atoms with E-state index in [0.29, 0.717) is 11.8 Å². The van der Waals surface area contributed by atoms with Crippen LogP contribution in [0.5, 0.6) is 5.75 Å². The molecule has 2 aliphatic rings. The Balaban J connectivity index is 1.95. The lowest BCUT2D eigenvalue weighted by Crippen LogP contribution is -2.05. The van der Waals surface area contributed by atoms with Crippen LogP contribution in [0.25, 0.3) is 0 Å². The van der Waals surface area contributed by atoms with Crippen molar-refractivity contribution in [2.75, 3.05) is 7.11 Å². The molecule has 0 aliphatic heterocycles. The third kappa shape index (κ3) is 2.15. The van der Waals surface area contributed by atoms with Crippen molar-refractivity contribution in [1.29, 1.82) is 0 Å². The molecule has 0 aromatic heterocycles. The van der Waals surface area contributed by atoms with Gasteiger partial charge in [-0.15, -0.1) is 0 Å². The van der Waals surface area contributed by atoms with Crippen LogP contribution in [0.4, 0.5) is 0 Å². The standard InChI is InChI=1S/C17H24O/c1-11(13-7-8-13)15-5-4-6-16(17(15)18-3)12(2)14-9-10-14/h4-6,11-14H,7-10H2,1-3H3/t11-,12+. The van der Waals surface area contributed by atoms with Crippen molar-refractivity contribution >= 4 is 0 Å². The van der Waals surface area contributed by atoms with Crippen LogP contribution in [0.15, 0.2) is 18.2 Å². The largest absolute Gasteiger partial charge is 0.496 e. The van der Waals surface area contributed by atoms with E-state index < -0.39 is 0 Å². The number of hydrogen-bond acceptors (Lipinski definition) is 1. The number of hydrogen-bond donors (Lipinski definition) is 0. The van der Waals surface area contributed by atoms with Crippen LogP contribution in [-0.2, 0) is 0 Å². The summed E-state index contributed by atoms with van der Waals surface area (Å²) in [5.74, 6) is 4.28. The topological polar surface area (TPSA) is 9.23 Å². The van der Waals surface area contributed by atoms with Gasteiger partial charge in [-0.05, 0) is 60.5 Å². The molecule has 98 valence electrons. The van der Waals surface area contributed by atoms with Gasteiger partial charge in [0.05, 0.1) is 7.11 Å². The molecule has 0 spiro atoms. The third-order valence-electron chi connectivity index (χ3n) is 4.92. The summed E-state index contributed by atoms with van der Waals surface area (Å²) in [6, 6.07) is 6.76. The van der Waals surface area contributed by atoms with Gasteiger partial charge < -0.3 is 4.74 Å². The van der Waals surface area contributed by atoms with Gasteiger partial charge in [-0.1, -0.05) is 32.0 Å². The Morgan fingerprint density at radius 1 is 0.944 bits per heavy atom. The summed E-state index contributed by atoms with van der Waals surface area (Å²) in [6.45, 7) is 4.72. The molecule has 1 aromatic rings. The highest BCUT2D eigenvalue weighted by Gasteiger charge is 2.34. The summed E-state index contributed by atoms with van der Waals surface area (Å²) in [4.78, 5) is 0. The van der Waals surface area contributed by atoms with Crippen LogP contribution in [0.3, 0.4) is 0 Å². The van der Waals surface area contributed by atoms with Crippen molar-refractivity contribution in [3.8, 4) is 5.75 Å². The van der Waals surface area contributed by atoms with Crippen molar-refractivity contribution in [2.24, 2.45) is 11.8 Å². The van der Waals surface area contributed by atoms with Gasteiger partial charge in [0.1, 0.15) is 5.75 Å². The summed E-state index contributed by atoms with van der Waals surface area (Å²) in [5, 5.41) is 0. The van der Waals surface area contributed by atoms with Gasteiger partial charge in [-0.2, -0.15) is 0 Å². The molecule has 18 heavy (non-hydrogen) atoms. The van der Waals surface area contributed by atoms with Crippen molar-refractivity contribution in [2.45, 2.75) is 51.4 Å². The first-order chi connectivity index (χ1) is 8.72. The highest BCUT2D eigenvalue weighted by Crippen LogP contribution is 2.49. The quantitative estimate of drug-likeness (QED) is 0.728. The van der Waals surface area contributed by atoms with Crippen LogP contribution in [0.1, 0.15) is 62.5 Å². The Bertz CT molecular complexity index is 393. The average Bonchev–Trinajstić information content (AvgIpc) is 3.27. The predicted octanol–water partition coefficient (Wildman–Crippen LogP) is 4.72. The number of benzene rings is 1. The van der Waals surface area contributed by atoms with Crippen molar-refractivity contribution in [3.05, 3.63) is 29.3 Å². The minimum absolute atomic E-state index is 0.659. The monoisotopic (exact) mass is 244 g/mol. The lowest BCUT2D eigenvalue weighted by molar-refractivity contribution is 0.394. The molecular formula is C17H24O. The second-order valence-electron chi connectivity index (χ2n) is 6.22. The van der Waals surface area contributed by atoms with E-state index in [-0.39, 0.29) is 0 Å². The van der Waals surface area contributed by atoms with E-state index in [1.54, 1.807) is 0 Å². The van der Waals surface area contributed by atoms with Crippen molar-refractivity contribution in [1.82, 2.24) is 0 Å². The molecule has 2 aliphatic carbocycles. The maximum absolute atomic E-state index is 5.77. The predicted molar refractivity (Wildman–Crippen MR) is 75.3 cm³/mol. The highest BCUT2D eigenvalue weighted by molar-refractivity contribution is 5.46. The number of ether oxygens (including phenoxy) is 1. The third-order valence-corrected chi connectivity index (χ3v) is 4.92. The fourth-order valence-corrected chi connectivity index (χ4v) is 3.23. The first-order valence-corrected chi connectivity index (χ1v) is 7.39. The van der Waals surface area contributed by atoms with E-state index in [0.717, 1.165) is 11.8 Å². The minimum atomic E-state index is 0.659. The Morgan fingerprint density at radius 3 is 1.72 bits per heavy atom. The summed E-state index contributed by atoms with van der Waals surface area (Å²) in [5.41, 5.74) is 2.87. The highest BCUT2D eigenvalue weighted by atomic mass is 16.5. The van der Waals surface area contributed by atoms with Crippen LogP contribution in [0, 0.1) is 11.8 Å². The van der Waals surface area contributed by atoms with Crippen LogP contribution >= 0.6 is 0 Å². The molecule has 1 aromatic carbocycles. The van der Waals surface area contributed by atoms with Crippen LogP contribution < -0.4 is 4.74 Å². The minimum Gasteiger partial charge on any atom is -0.496 e. The molecule has 0 heterocycles. The molecule has 3 rings (SSSR count). The Kier molecular flexibility index (Phi) is 3.09. The van der Waals surface area contributed by atoms with Crippen LogP contribution in [0.2, 0.25) is 0 Å². The zero-order valence-corrected chi connectivity index (χ0v) is 11.8. The number of methoxy groups -OCH3 is 1. The Morgan fingerprint density at radius 2 is 1.39 bits per heavy atom.